The molecule has 5 nitrogen and oxygen atoms in total. The van der Waals surface area contributed by atoms with Crippen LogP contribution < -0.4 is 0 Å². The minimum atomic E-state index is -3.19. The first-order chi connectivity index (χ1) is 5.94. The first-order valence-corrected chi connectivity index (χ1v) is 5.62. The Morgan fingerprint density at radius 2 is 2.08 bits per heavy atom. The Balaban J connectivity index is 2.46. The van der Waals surface area contributed by atoms with E-state index in [0.717, 1.165) is 4.31 Å². The van der Waals surface area contributed by atoms with Crippen LogP contribution >= 0.6 is 0 Å². The van der Waals surface area contributed by atoms with Gasteiger partial charge in [0, 0.05) is 13.6 Å². The average molecular weight is 207 g/mol. The van der Waals surface area contributed by atoms with Gasteiger partial charge in [-0.15, -0.1) is 0 Å². The van der Waals surface area contributed by atoms with Crippen LogP contribution in [0.1, 0.15) is 19.3 Å². The molecule has 0 aromatic carbocycles. The van der Waals surface area contributed by atoms with Gasteiger partial charge >= 0.3 is 5.97 Å². The van der Waals surface area contributed by atoms with E-state index in [1.54, 1.807) is 0 Å². The molecule has 1 aliphatic carbocycles. The molecule has 1 aliphatic rings. The van der Waals surface area contributed by atoms with E-state index in [4.69, 9.17) is 5.11 Å². The van der Waals surface area contributed by atoms with Crippen molar-refractivity contribution in [1.82, 2.24) is 4.31 Å². The van der Waals surface area contributed by atoms with Crippen LogP contribution in [0.3, 0.4) is 0 Å². The van der Waals surface area contributed by atoms with Crippen LogP contribution in [-0.2, 0) is 14.8 Å². The molecule has 0 aromatic heterocycles. The van der Waals surface area contributed by atoms with E-state index in [1.165, 1.54) is 7.05 Å². The molecule has 0 atom stereocenters. The van der Waals surface area contributed by atoms with E-state index < -0.39 is 16.0 Å². The molecule has 0 unspecified atom stereocenters. The Hall–Kier alpha value is -0.620. The molecular weight excluding hydrogens is 194 g/mol. The summed E-state index contributed by atoms with van der Waals surface area (Å²) in [6.07, 6.45) is 1.28. The van der Waals surface area contributed by atoms with E-state index in [-0.39, 0.29) is 18.2 Å². The number of carboxylic acid groups (broad SMARTS) is 1. The van der Waals surface area contributed by atoms with Crippen molar-refractivity contribution in [3.63, 3.8) is 0 Å². The van der Waals surface area contributed by atoms with Crippen molar-refractivity contribution in [2.45, 2.75) is 24.5 Å². The Morgan fingerprint density at radius 1 is 1.54 bits per heavy atom. The van der Waals surface area contributed by atoms with Crippen LogP contribution in [0.25, 0.3) is 0 Å². The minimum Gasteiger partial charge on any atom is -0.481 e. The predicted octanol–water partition coefficient (Wildman–Crippen LogP) is -0.115. The molecule has 6 heteroatoms. The number of aliphatic carboxylic acids is 1. The largest absolute Gasteiger partial charge is 0.481 e. The number of hydrogen-bond acceptors (Lipinski definition) is 3. The van der Waals surface area contributed by atoms with Crippen molar-refractivity contribution >= 4 is 16.0 Å². The number of carbonyl (C=O) groups is 1. The molecule has 0 spiro atoms. The van der Waals surface area contributed by atoms with Crippen molar-refractivity contribution in [3.8, 4) is 0 Å². The lowest BCUT2D eigenvalue weighted by molar-refractivity contribution is -0.137. The van der Waals surface area contributed by atoms with Gasteiger partial charge in [-0.1, -0.05) is 0 Å². The highest BCUT2D eigenvalue weighted by atomic mass is 32.2. The Kier molecular flexibility index (Phi) is 2.92. The van der Waals surface area contributed by atoms with Crippen molar-refractivity contribution in [1.29, 1.82) is 0 Å². The summed E-state index contributed by atoms with van der Waals surface area (Å²) >= 11 is 0. The smallest absolute Gasteiger partial charge is 0.304 e. The highest BCUT2D eigenvalue weighted by molar-refractivity contribution is 7.90. The quantitative estimate of drug-likeness (QED) is 0.682. The SMILES string of the molecule is CN(CCC(=O)O)S(=O)(=O)C1CC1. The van der Waals surface area contributed by atoms with Gasteiger partial charge in [0.25, 0.3) is 0 Å². The van der Waals surface area contributed by atoms with Gasteiger partial charge in [-0.2, -0.15) is 0 Å². The van der Waals surface area contributed by atoms with E-state index in [9.17, 15) is 13.2 Å². The van der Waals surface area contributed by atoms with E-state index in [0.29, 0.717) is 12.8 Å². The van der Waals surface area contributed by atoms with Gasteiger partial charge in [0.05, 0.1) is 11.7 Å². The zero-order valence-electron chi connectivity index (χ0n) is 7.43. The summed E-state index contributed by atoms with van der Waals surface area (Å²) in [7, 11) is -1.76. The third-order valence-electron chi connectivity index (χ3n) is 2.02. The highest BCUT2D eigenvalue weighted by Gasteiger charge is 2.38. The van der Waals surface area contributed by atoms with Gasteiger partial charge in [-0.25, -0.2) is 12.7 Å². The predicted molar refractivity (Wildman–Crippen MR) is 46.8 cm³/mol. The van der Waals surface area contributed by atoms with Gasteiger partial charge in [0.15, 0.2) is 0 Å². The number of hydrogen-bond donors (Lipinski definition) is 1. The lowest BCUT2D eigenvalue weighted by Crippen LogP contribution is -2.31. The molecule has 1 rings (SSSR count). The standard InChI is InChI=1S/C7H13NO4S/c1-8(5-4-7(9)10)13(11,12)6-2-3-6/h6H,2-5H2,1H3,(H,9,10). The van der Waals surface area contributed by atoms with Crippen LogP contribution in [0.15, 0.2) is 0 Å². The third-order valence-corrected chi connectivity index (χ3v) is 4.39. The molecule has 0 radical (unpaired) electrons. The third kappa shape index (κ3) is 2.67. The molecule has 1 saturated carbocycles. The normalized spacial score (nSPS) is 17.7. The second-order valence-electron chi connectivity index (χ2n) is 3.21. The molecule has 76 valence electrons. The maximum Gasteiger partial charge on any atom is 0.304 e. The summed E-state index contributed by atoms with van der Waals surface area (Å²) < 4.78 is 24.0. The molecule has 13 heavy (non-hydrogen) atoms. The van der Waals surface area contributed by atoms with E-state index >= 15 is 0 Å². The maximum absolute atomic E-state index is 11.4. The highest BCUT2D eigenvalue weighted by Crippen LogP contribution is 2.30. The van der Waals surface area contributed by atoms with Crippen LogP contribution in [0.5, 0.6) is 0 Å². The molecular formula is C7H13NO4S. The fourth-order valence-corrected chi connectivity index (χ4v) is 2.59. The monoisotopic (exact) mass is 207 g/mol. The Labute approximate surface area is 77.4 Å². The molecule has 0 heterocycles. The molecule has 0 aliphatic heterocycles. The van der Waals surface area contributed by atoms with Gasteiger partial charge in [0.2, 0.25) is 10.0 Å². The topological polar surface area (TPSA) is 74.7 Å². The zero-order valence-corrected chi connectivity index (χ0v) is 8.25. The molecule has 1 N–H and O–H groups in total. The van der Waals surface area contributed by atoms with E-state index in [2.05, 4.69) is 0 Å². The number of rotatable bonds is 5. The summed E-state index contributed by atoms with van der Waals surface area (Å²) in [5, 5.41) is 8.10. The summed E-state index contributed by atoms with van der Waals surface area (Å²) in [6, 6.07) is 0. The first-order valence-electron chi connectivity index (χ1n) is 4.11. The summed E-state index contributed by atoms with van der Waals surface area (Å²) in [5.41, 5.74) is 0. The molecule has 0 aromatic rings. The van der Waals surface area contributed by atoms with Gasteiger partial charge in [-0.3, -0.25) is 4.79 Å². The van der Waals surface area contributed by atoms with Crippen LogP contribution in [0.4, 0.5) is 0 Å². The lowest BCUT2D eigenvalue weighted by Gasteiger charge is -2.14. The summed E-state index contributed by atoms with van der Waals surface area (Å²) in [4.78, 5) is 10.2. The molecule has 0 amide bonds. The number of carboxylic acids is 1. The Morgan fingerprint density at radius 3 is 2.46 bits per heavy atom. The first kappa shape index (κ1) is 10.5. The van der Waals surface area contributed by atoms with Crippen molar-refractivity contribution in [2.75, 3.05) is 13.6 Å². The number of nitrogens with zero attached hydrogens (tertiary/aromatic N) is 1. The molecule has 0 bridgehead atoms. The fraction of sp³-hybridized carbons (Fsp3) is 0.857. The van der Waals surface area contributed by atoms with Crippen molar-refractivity contribution < 1.29 is 18.3 Å². The Bertz CT molecular complexity index is 294. The average Bonchev–Trinajstić information content (AvgIpc) is 2.81. The minimum absolute atomic E-state index is 0.0637. The fourth-order valence-electron chi connectivity index (χ4n) is 1.00. The van der Waals surface area contributed by atoms with Crippen molar-refractivity contribution in [2.24, 2.45) is 0 Å². The number of sulfonamides is 1. The molecule has 1 fully saturated rings. The second-order valence-corrected chi connectivity index (χ2v) is 5.53. The van der Waals surface area contributed by atoms with Gasteiger partial charge < -0.3 is 5.11 Å². The van der Waals surface area contributed by atoms with Gasteiger partial charge in [-0.05, 0) is 12.8 Å². The van der Waals surface area contributed by atoms with Crippen LogP contribution in [0.2, 0.25) is 0 Å². The van der Waals surface area contributed by atoms with Crippen LogP contribution in [0, 0.1) is 0 Å². The summed E-state index contributed by atoms with van der Waals surface area (Å²) in [5.74, 6) is -0.974. The lowest BCUT2D eigenvalue weighted by atomic mass is 10.4. The van der Waals surface area contributed by atoms with Gasteiger partial charge in [0.1, 0.15) is 0 Å². The zero-order chi connectivity index (χ0) is 10.1. The maximum atomic E-state index is 11.4. The van der Waals surface area contributed by atoms with E-state index in [1.807, 2.05) is 0 Å². The second kappa shape index (κ2) is 3.63. The molecule has 0 saturated heterocycles. The van der Waals surface area contributed by atoms with Crippen molar-refractivity contribution in [3.05, 3.63) is 0 Å². The van der Waals surface area contributed by atoms with Crippen LogP contribution in [-0.4, -0.2) is 42.6 Å². The summed E-state index contributed by atoms with van der Waals surface area (Å²) in [6.45, 7) is 0.0637.